The Morgan fingerprint density at radius 2 is 1.77 bits per heavy atom. The van der Waals surface area contributed by atoms with E-state index in [0.29, 0.717) is 23.9 Å². The van der Waals surface area contributed by atoms with Crippen molar-refractivity contribution < 1.29 is 9.00 Å². The topological polar surface area (TPSA) is 34.1 Å². The molecule has 3 heteroatoms. The number of ketones is 1. The molecule has 0 aromatic rings. The number of rotatable bonds is 2. The van der Waals surface area contributed by atoms with E-state index in [-0.39, 0.29) is 5.25 Å². The van der Waals surface area contributed by atoms with Crippen molar-refractivity contribution in [1.29, 1.82) is 0 Å². The van der Waals surface area contributed by atoms with Crippen LogP contribution in [0.15, 0.2) is 0 Å². The summed E-state index contributed by atoms with van der Waals surface area (Å²) in [7, 11) is -0.712. The molecule has 2 unspecified atom stereocenters. The van der Waals surface area contributed by atoms with E-state index in [1.807, 2.05) is 0 Å². The second-order valence-corrected chi connectivity index (χ2v) is 6.13. The molecule has 0 bridgehead atoms. The average Bonchev–Trinajstić information content (AvgIpc) is 2.72. The second-order valence-electron chi connectivity index (χ2n) is 4.14. The third-order valence-electron chi connectivity index (χ3n) is 3.16. The van der Waals surface area contributed by atoms with Gasteiger partial charge in [0.25, 0.3) is 0 Å². The van der Waals surface area contributed by atoms with Gasteiger partial charge in [-0.2, -0.15) is 0 Å². The predicted molar refractivity (Wildman–Crippen MR) is 53.0 cm³/mol. The Balaban J connectivity index is 1.92. The first-order valence-electron chi connectivity index (χ1n) is 5.18. The van der Waals surface area contributed by atoms with Crippen molar-refractivity contribution >= 4 is 16.6 Å². The van der Waals surface area contributed by atoms with Gasteiger partial charge in [-0.1, -0.05) is 12.8 Å². The Hall–Kier alpha value is -0.180. The van der Waals surface area contributed by atoms with Crippen molar-refractivity contribution in [3.8, 4) is 0 Å². The molecule has 13 heavy (non-hydrogen) atoms. The fourth-order valence-corrected chi connectivity index (χ4v) is 4.41. The van der Waals surface area contributed by atoms with E-state index in [1.165, 1.54) is 12.8 Å². The summed E-state index contributed by atoms with van der Waals surface area (Å²) in [5.41, 5.74) is 0. The van der Waals surface area contributed by atoms with Gasteiger partial charge in [-0.25, -0.2) is 0 Å². The number of hydrogen-bond acceptors (Lipinski definition) is 2. The standard InChI is InChI=1S/C10H16O2S/c11-8-5-6-10(7-8)13(12)9-3-1-2-4-9/h9-10H,1-7H2. The maximum absolute atomic E-state index is 12.0. The summed E-state index contributed by atoms with van der Waals surface area (Å²) in [5, 5.41) is 0.617. The molecule has 0 aromatic heterocycles. The van der Waals surface area contributed by atoms with E-state index in [2.05, 4.69) is 0 Å². The number of carbonyl (C=O) groups is 1. The van der Waals surface area contributed by atoms with E-state index in [9.17, 15) is 9.00 Å². The van der Waals surface area contributed by atoms with Gasteiger partial charge in [-0.05, 0) is 19.3 Å². The van der Waals surface area contributed by atoms with Gasteiger partial charge < -0.3 is 0 Å². The summed E-state index contributed by atoms with van der Waals surface area (Å²) in [5.74, 6) is 0.316. The SMILES string of the molecule is O=C1CCC(S(=O)C2CCCC2)C1. The van der Waals surface area contributed by atoms with E-state index >= 15 is 0 Å². The lowest BCUT2D eigenvalue weighted by atomic mass is 10.3. The predicted octanol–water partition coefficient (Wildman–Crippen LogP) is 1.80. The molecule has 0 spiro atoms. The Bertz CT molecular complexity index is 231. The second kappa shape index (κ2) is 3.91. The van der Waals surface area contributed by atoms with Crippen molar-refractivity contribution in [2.45, 2.75) is 55.4 Å². The lowest BCUT2D eigenvalue weighted by Crippen LogP contribution is -2.21. The monoisotopic (exact) mass is 200 g/mol. The molecule has 0 N–H and O–H groups in total. The minimum atomic E-state index is -0.712. The molecule has 2 aliphatic carbocycles. The maximum atomic E-state index is 12.0. The van der Waals surface area contributed by atoms with Gasteiger partial charge >= 0.3 is 0 Å². The van der Waals surface area contributed by atoms with Gasteiger partial charge in [0.2, 0.25) is 0 Å². The fraction of sp³-hybridized carbons (Fsp3) is 0.900. The summed E-state index contributed by atoms with van der Waals surface area (Å²) in [6, 6.07) is 0. The summed E-state index contributed by atoms with van der Waals surface area (Å²) in [4.78, 5) is 11.0. The van der Waals surface area contributed by atoms with Crippen molar-refractivity contribution in [2.24, 2.45) is 0 Å². The highest BCUT2D eigenvalue weighted by molar-refractivity contribution is 7.86. The van der Waals surface area contributed by atoms with Crippen LogP contribution in [0.2, 0.25) is 0 Å². The van der Waals surface area contributed by atoms with Crippen LogP contribution in [0.5, 0.6) is 0 Å². The van der Waals surface area contributed by atoms with Gasteiger partial charge in [0.1, 0.15) is 5.78 Å². The summed E-state index contributed by atoms with van der Waals surface area (Å²) in [6.07, 6.45) is 6.84. The third-order valence-corrected chi connectivity index (χ3v) is 5.35. The van der Waals surface area contributed by atoms with Crippen LogP contribution >= 0.6 is 0 Å². The molecular weight excluding hydrogens is 184 g/mol. The van der Waals surface area contributed by atoms with E-state index in [1.54, 1.807) is 0 Å². The van der Waals surface area contributed by atoms with Gasteiger partial charge in [-0.15, -0.1) is 0 Å². The number of carbonyl (C=O) groups excluding carboxylic acids is 1. The molecule has 0 amide bonds. The van der Waals surface area contributed by atoms with Crippen LogP contribution in [0.3, 0.4) is 0 Å². The molecule has 2 nitrogen and oxygen atoms in total. The molecule has 0 radical (unpaired) electrons. The van der Waals surface area contributed by atoms with Gasteiger partial charge in [-0.3, -0.25) is 9.00 Å². The Morgan fingerprint density at radius 3 is 2.31 bits per heavy atom. The highest BCUT2D eigenvalue weighted by Crippen LogP contribution is 2.29. The molecule has 0 saturated heterocycles. The zero-order valence-corrected chi connectivity index (χ0v) is 8.65. The van der Waals surface area contributed by atoms with Gasteiger partial charge in [0.05, 0.1) is 0 Å². The molecule has 2 saturated carbocycles. The van der Waals surface area contributed by atoms with Crippen LogP contribution in [0, 0.1) is 0 Å². The lowest BCUT2D eigenvalue weighted by Gasteiger charge is -2.13. The van der Waals surface area contributed by atoms with Crippen LogP contribution < -0.4 is 0 Å². The van der Waals surface area contributed by atoms with Crippen molar-refractivity contribution in [1.82, 2.24) is 0 Å². The molecule has 2 fully saturated rings. The molecule has 2 aliphatic rings. The summed E-state index contributed by atoms with van der Waals surface area (Å²) >= 11 is 0. The number of hydrogen-bond donors (Lipinski definition) is 0. The highest BCUT2D eigenvalue weighted by Gasteiger charge is 2.32. The minimum Gasteiger partial charge on any atom is -0.300 e. The fourth-order valence-electron chi connectivity index (χ4n) is 2.37. The van der Waals surface area contributed by atoms with Crippen LogP contribution in [0.4, 0.5) is 0 Å². The first kappa shape index (κ1) is 9.38. The van der Waals surface area contributed by atoms with Crippen molar-refractivity contribution in [3.63, 3.8) is 0 Å². The number of Topliss-reactive ketones (excluding diaryl/α,β-unsaturated/α-hetero) is 1. The van der Waals surface area contributed by atoms with Crippen LogP contribution in [0.25, 0.3) is 0 Å². The van der Waals surface area contributed by atoms with E-state index in [4.69, 9.17) is 0 Å². The van der Waals surface area contributed by atoms with Crippen LogP contribution in [-0.2, 0) is 15.6 Å². The largest absolute Gasteiger partial charge is 0.300 e. The van der Waals surface area contributed by atoms with E-state index in [0.717, 1.165) is 19.3 Å². The van der Waals surface area contributed by atoms with Crippen molar-refractivity contribution in [2.75, 3.05) is 0 Å². The highest BCUT2D eigenvalue weighted by atomic mass is 32.2. The summed E-state index contributed by atoms with van der Waals surface area (Å²) in [6.45, 7) is 0. The zero-order valence-electron chi connectivity index (χ0n) is 7.83. The third kappa shape index (κ3) is 2.01. The van der Waals surface area contributed by atoms with Crippen molar-refractivity contribution in [3.05, 3.63) is 0 Å². The maximum Gasteiger partial charge on any atom is 0.134 e. The first-order valence-corrected chi connectivity index (χ1v) is 6.46. The summed E-state index contributed by atoms with van der Waals surface area (Å²) < 4.78 is 12.0. The molecule has 2 atom stereocenters. The first-order chi connectivity index (χ1) is 6.27. The van der Waals surface area contributed by atoms with Gasteiger partial charge in [0.15, 0.2) is 0 Å². The minimum absolute atomic E-state index is 0.204. The van der Waals surface area contributed by atoms with Gasteiger partial charge in [0, 0.05) is 34.1 Å². The molecule has 0 aromatic carbocycles. The Labute approximate surface area is 81.5 Å². The Morgan fingerprint density at radius 1 is 1.08 bits per heavy atom. The smallest absolute Gasteiger partial charge is 0.134 e. The van der Waals surface area contributed by atoms with Crippen LogP contribution in [-0.4, -0.2) is 20.5 Å². The van der Waals surface area contributed by atoms with E-state index < -0.39 is 10.8 Å². The molecule has 0 aliphatic heterocycles. The quantitative estimate of drug-likeness (QED) is 0.681. The molecule has 0 heterocycles. The zero-order chi connectivity index (χ0) is 9.26. The average molecular weight is 200 g/mol. The van der Waals surface area contributed by atoms with Crippen LogP contribution in [0.1, 0.15) is 44.9 Å². The molecule has 2 rings (SSSR count). The lowest BCUT2D eigenvalue weighted by molar-refractivity contribution is -0.117. The molecule has 74 valence electrons. The normalized spacial score (nSPS) is 32.6. The Kier molecular flexibility index (Phi) is 2.82. The molecular formula is C10H16O2S.